The maximum atomic E-state index is 13.6. The Bertz CT molecular complexity index is 1190. The Kier molecular flexibility index (Phi) is 8.52. The van der Waals surface area contributed by atoms with Crippen molar-refractivity contribution in [3.63, 3.8) is 0 Å². The molecule has 0 fully saturated rings. The third kappa shape index (κ3) is 6.14. The highest BCUT2D eigenvalue weighted by molar-refractivity contribution is 6.76. The quantitative estimate of drug-likeness (QED) is 0.148. The van der Waals surface area contributed by atoms with Crippen molar-refractivity contribution in [1.29, 1.82) is 0 Å². The normalized spacial score (nSPS) is 17.2. The van der Waals surface area contributed by atoms with E-state index in [0.717, 1.165) is 34.9 Å². The molecule has 0 aliphatic carbocycles. The molecule has 3 aromatic carbocycles. The van der Waals surface area contributed by atoms with Gasteiger partial charge in [0.2, 0.25) is 0 Å². The van der Waals surface area contributed by atoms with E-state index >= 15 is 0 Å². The van der Waals surface area contributed by atoms with Crippen molar-refractivity contribution >= 4 is 14.0 Å². The molecule has 0 N–H and O–H groups in total. The zero-order valence-corrected chi connectivity index (χ0v) is 23.8. The number of benzene rings is 3. The first-order valence-corrected chi connectivity index (χ1v) is 16.9. The molecular formula is C31H39NO4Si. The molecule has 4 rings (SSSR count). The molecule has 0 aromatic heterocycles. The van der Waals surface area contributed by atoms with Gasteiger partial charge in [0.15, 0.2) is 12.5 Å². The minimum Gasteiger partial charge on any atom is -0.468 e. The summed E-state index contributed by atoms with van der Waals surface area (Å²) in [5.74, 6) is 0.725. The molecular weight excluding hydrogens is 478 g/mol. The SMILES string of the molecule is CCCN1C(=O)c2ccccc2C1(OCc1ccc(C)cc1)c1ccc(OCOCC[Si](C)(C)C)cc1. The van der Waals surface area contributed by atoms with Crippen molar-refractivity contribution < 1.29 is 19.0 Å². The number of amides is 1. The average molecular weight is 518 g/mol. The summed E-state index contributed by atoms with van der Waals surface area (Å²) in [7, 11) is -1.13. The van der Waals surface area contributed by atoms with Crippen LogP contribution < -0.4 is 4.74 Å². The molecule has 0 bridgehead atoms. The maximum Gasteiger partial charge on any atom is 0.257 e. The van der Waals surface area contributed by atoms with Gasteiger partial charge in [0.25, 0.3) is 5.91 Å². The van der Waals surface area contributed by atoms with Crippen molar-refractivity contribution in [3.8, 4) is 5.75 Å². The summed E-state index contributed by atoms with van der Waals surface area (Å²) in [4.78, 5) is 15.5. The molecule has 0 spiro atoms. The Hall–Kier alpha value is -2.93. The first-order chi connectivity index (χ1) is 17.7. The molecule has 37 heavy (non-hydrogen) atoms. The highest BCUT2D eigenvalue weighted by atomic mass is 28.3. The van der Waals surface area contributed by atoms with E-state index in [-0.39, 0.29) is 12.7 Å². The van der Waals surface area contributed by atoms with Crippen molar-refractivity contribution in [2.24, 2.45) is 0 Å². The van der Waals surface area contributed by atoms with E-state index < -0.39 is 13.8 Å². The monoisotopic (exact) mass is 517 g/mol. The lowest BCUT2D eigenvalue weighted by atomic mass is 9.93. The van der Waals surface area contributed by atoms with Crippen molar-refractivity contribution in [2.75, 3.05) is 19.9 Å². The second-order valence-corrected chi connectivity index (χ2v) is 16.5. The smallest absolute Gasteiger partial charge is 0.257 e. The molecule has 0 saturated heterocycles. The molecule has 0 radical (unpaired) electrons. The van der Waals surface area contributed by atoms with Crippen LogP contribution >= 0.6 is 0 Å². The van der Waals surface area contributed by atoms with Gasteiger partial charge in [-0.2, -0.15) is 0 Å². The number of nitrogens with zero attached hydrogens (tertiary/aromatic N) is 1. The minimum absolute atomic E-state index is 0.00233. The van der Waals surface area contributed by atoms with Crippen molar-refractivity contribution in [1.82, 2.24) is 4.90 Å². The van der Waals surface area contributed by atoms with Crippen LogP contribution in [0, 0.1) is 6.92 Å². The molecule has 1 aliphatic rings. The largest absolute Gasteiger partial charge is 0.468 e. The number of hydrogen-bond acceptors (Lipinski definition) is 4. The van der Waals surface area contributed by atoms with Crippen LogP contribution in [0.15, 0.2) is 72.8 Å². The number of carbonyl (C=O) groups excluding carboxylic acids is 1. The number of aryl methyl sites for hydroxylation is 1. The molecule has 1 amide bonds. The van der Waals surface area contributed by atoms with Gasteiger partial charge >= 0.3 is 0 Å². The van der Waals surface area contributed by atoms with Crippen LogP contribution in [0.4, 0.5) is 0 Å². The van der Waals surface area contributed by atoms with Crippen LogP contribution in [0.25, 0.3) is 0 Å². The number of hydrogen-bond donors (Lipinski definition) is 0. The molecule has 3 aromatic rings. The van der Waals surface area contributed by atoms with Gasteiger partial charge in [-0.25, -0.2) is 0 Å². The van der Waals surface area contributed by atoms with Crippen molar-refractivity contribution in [2.45, 2.75) is 58.3 Å². The first kappa shape index (κ1) is 27.1. The second-order valence-electron chi connectivity index (χ2n) is 10.9. The molecule has 1 atom stereocenters. The lowest BCUT2D eigenvalue weighted by molar-refractivity contribution is -0.117. The molecule has 196 valence electrons. The highest BCUT2D eigenvalue weighted by Gasteiger charge is 2.51. The Morgan fingerprint density at radius 2 is 1.62 bits per heavy atom. The van der Waals surface area contributed by atoms with Gasteiger partial charge in [-0.05, 0) is 43.2 Å². The van der Waals surface area contributed by atoms with Gasteiger partial charge < -0.3 is 19.1 Å². The predicted molar refractivity (Wildman–Crippen MR) is 151 cm³/mol. The van der Waals surface area contributed by atoms with Gasteiger partial charge in [0.05, 0.1) is 6.61 Å². The lowest BCUT2D eigenvalue weighted by Gasteiger charge is -2.39. The van der Waals surface area contributed by atoms with Gasteiger partial charge in [-0.3, -0.25) is 4.79 Å². The van der Waals surface area contributed by atoms with Crippen LogP contribution in [0.2, 0.25) is 25.7 Å². The zero-order valence-electron chi connectivity index (χ0n) is 22.8. The Balaban J connectivity index is 1.62. The molecule has 6 heteroatoms. The number of fused-ring (bicyclic) bond motifs is 1. The summed E-state index contributed by atoms with van der Waals surface area (Å²) in [6.07, 6.45) is 0.825. The van der Waals surface area contributed by atoms with Gasteiger partial charge in [0.1, 0.15) is 5.75 Å². The molecule has 0 saturated carbocycles. The highest BCUT2D eigenvalue weighted by Crippen LogP contribution is 2.46. The van der Waals surface area contributed by atoms with Crippen LogP contribution in [0.1, 0.15) is 46.0 Å². The lowest BCUT2D eigenvalue weighted by Crippen LogP contribution is -2.47. The number of rotatable bonds is 12. The average Bonchev–Trinajstić information content (AvgIpc) is 3.12. The number of ether oxygens (including phenoxy) is 3. The maximum absolute atomic E-state index is 13.6. The molecule has 1 heterocycles. The first-order valence-electron chi connectivity index (χ1n) is 13.2. The third-order valence-corrected chi connectivity index (χ3v) is 8.42. The Morgan fingerprint density at radius 1 is 0.919 bits per heavy atom. The van der Waals surface area contributed by atoms with Crippen LogP contribution in [-0.2, 0) is 21.8 Å². The molecule has 1 unspecified atom stereocenters. The van der Waals surface area contributed by atoms with E-state index in [2.05, 4.69) is 57.8 Å². The molecule has 1 aliphatic heterocycles. The molecule has 5 nitrogen and oxygen atoms in total. The van der Waals surface area contributed by atoms with E-state index in [0.29, 0.717) is 25.3 Å². The van der Waals surface area contributed by atoms with Crippen molar-refractivity contribution in [3.05, 3.63) is 101 Å². The summed E-state index contributed by atoms with van der Waals surface area (Å²) in [5.41, 5.74) is 3.72. The summed E-state index contributed by atoms with van der Waals surface area (Å²) >= 11 is 0. The fourth-order valence-electron chi connectivity index (χ4n) is 4.63. The summed E-state index contributed by atoms with van der Waals surface area (Å²) in [5, 5.41) is 0. The fourth-order valence-corrected chi connectivity index (χ4v) is 5.38. The van der Waals surface area contributed by atoms with E-state index in [1.54, 1.807) is 0 Å². The number of carbonyl (C=O) groups is 1. The van der Waals surface area contributed by atoms with Crippen LogP contribution in [0.5, 0.6) is 5.75 Å². The third-order valence-electron chi connectivity index (χ3n) is 6.71. The summed E-state index contributed by atoms with van der Waals surface area (Å²) < 4.78 is 18.3. The fraction of sp³-hybridized carbons (Fsp3) is 0.387. The summed E-state index contributed by atoms with van der Waals surface area (Å²) in [6.45, 7) is 13.1. The van der Waals surface area contributed by atoms with Crippen LogP contribution in [0.3, 0.4) is 0 Å². The standard InChI is InChI=1S/C31H39NO4Si/c1-6-19-32-30(33)28-9-7-8-10-29(28)31(32,36-22-25-13-11-24(2)12-14-25)26-15-17-27(18-16-26)35-23-34-20-21-37(3,4)5/h7-18H,6,19-23H2,1-5H3. The topological polar surface area (TPSA) is 48.0 Å². The summed E-state index contributed by atoms with van der Waals surface area (Å²) in [6, 6.07) is 25.1. The van der Waals surface area contributed by atoms with Crippen LogP contribution in [-0.4, -0.2) is 38.8 Å². The van der Waals surface area contributed by atoms with E-state index in [1.165, 1.54) is 5.56 Å². The Labute approximate surface area is 222 Å². The Morgan fingerprint density at radius 3 is 2.30 bits per heavy atom. The second kappa shape index (κ2) is 11.6. The van der Waals surface area contributed by atoms with E-state index in [1.807, 2.05) is 53.4 Å². The minimum atomic E-state index is -1.13. The van der Waals surface area contributed by atoms with E-state index in [9.17, 15) is 4.79 Å². The van der Waals surface area contributed by atoms with Gasteiger partial charge in [-0.15, -0.1) is 0 Å². The predicted octanol–water partition coefficient (Wildman–Crippen LogP) is 6.97. The van der Waals surface area contributed by atoms with Gasteiger partial charge in [-0.1, -0.05) is 86.7 Å². The van der Waals surface area contributed by atoms with E-state index in [4.69, 9.17) is 14.2 Å². The van der Waals surface area contributed by atoms with Gasteiger partial charge in [0, 0.05) is 37.9 Å². The zero-order chi connectivity index (χ0) is 26.5.